The maximum Gasteiger partial charge on any atom is 0.248 e. The molecule has 1 aromatic heterocycles. The molecule has 0 aliphatic carbocycles. The van der Waals surface area contributed by atoms with E-state index >= 15 is 0 Å². The summed E-state index contributed by atoms with van der Waals surface area (Å²) in [4.78, 5) is 26.7. The van der Waals surface area contributed by atoms with E-state index in [0.29, 0.717) is 23.1 Å². The fourth-order valence-corrected chi connectivity index (χ4v) is 1.83. The van der Waals surface area contributed by atoms with E-state index in [1.807, 2.05) is 12.1 Å². The van der Waals surface area contributed by atoms with Gasteiger partial charge in [-0.1, -0.05) is 6.07 Å². The molecule has 0 spiro atoms. The number of primary amides is 2. The first-order chi connectivity index (χ1) is 9.08. The van der Waals surface area contributed by atoms with Crippen LogP contribution in [-0.4, -0.2) is 16.8 Å². The third-order valence-electron chi connectivity index (χ3n) is 2.75. The molecule has 0 aliphatic heterocycles. The molecule has 19 heavy (non-hydrogen) atoms. The maximum absolute atomic E-state index is 11.4. The van der Waals surface area contributed by atoms with E-state index in [0.717, 1.165) is 5.69 Å². The van der Waals surface area contributed by atoms with Crippen LogP contribution < -0.4 is 11.5 Å². The average Bonchev–Trinajstić information content (AvgIpc) is 2.39. The van der Waals surface area contributed by atoms with Crippen LogP contribution in [-0.2, 0) is 6.42 Å². The van der Waals surface area contributed by atoms with E-state index in [2.05, 4.69) is 4.98 Å². The number of hydrogen-bond donors (Lipinski definition) is 2. The summed E-state index contributed by atoms with van der Waals surface area (Å²) in [5.74, 6) is -1.08. The number of hydrogen-bond acceptors (Lipinski definition) is 3. The van der Waals surface area contributed by atoms with Crippen LogP contribution in [0.25, 0.3) is 0 Å². The molecule has 0 atom stereocenters. The smallest absolute Gasteiger partial charge is 0.248 e. The third kappa shape index (κ3) is 2.95. The molecule has 0 aliphatic rings. The summed E-state index contributed by atoms with van der Waals surface area (Å²) in [6.45, 7) is 0. The summed E-state index contributed by atoms with van der Waals surface area (Å²) in [5.41, 5.74) is 12.7. The van der Waals surface area contributed by atoms with Gasteiger partial charge in [-0.2, -0.15) is 0 Å². The second kappa shape index (κ2) is 5.30. The summed E-state index contributed by atoms with van der Waals surface area (Å²) in [6.07, 6.45) is 2.08. The van der Waals surface area contributed by atoms with Crippen molar-refractivity contribution >= 4 is 11.8 Å². The first-order valence-corrected chi connectivity index (χ1v) is 5.70. The van der Waals surface area contributed by atoms with Gasteiger partial charge in [0.25, 0.3) is 0 Å². The molecule has 2 rings (SSSR count). The van der Waals surface area contributed by atoms with Crippen molar-refractivity contribution in [1.29, 1.82) is 0 Å². The molecule has 0 radical (unpaired) electrons. The number of nitrogens with zero attached hydrogens (tertiary/aromatic N) is 1. The normalized spacial score (nSPS) is 10.1. The zero-order valence-corrected chi connectivity index (χ0v) is 10.2. The molecule has 0 bridgehead atoms. The molecule has 2 aromatic rings. The molecule has 1 heterocycles. The zero-order chi connectivity index (χ0) is 13.8. The number of amides is 2. The SMILES string of the molecule is NC(=O)c1ccc(C(N)=O)c(Cc2ccccn2)c1. The Hall–Kier alpha value is -2.69. The molecule has 0 fully saturated rings. The highest BCUT2D eigenvalue weighted by Crippen LogP contribution is 2.15. The monoisotopic (exact) mass is 255 g/mol. The number of nitrogens with two attached hydrogens (primary N) is 2. The van der Waals surface area contributed by atoms with Gasteiger partial charge in [-0.15, -0.1) is 0 Å². The summed E-state index contributed by atoms with van der Waals surface area (Å²) < 4.78 is 0. The minimum Gasteiger partial charge on any atom is -0.366 e. The molecule has 1 aromatic carbocycles. The van der Waals surface area contributed by atoms with Crippen molar-refractivity contribution in [3.05, 3.63) is 65.0 Å². The average molecular weight is 255 g/mol. The van der Waals surface area contributed by atoms with Crippen LogP contribution in [0, 0.1) is 0 Å². The highest BCUT2D eigenvalue weighted by molar-refractivity contribution is 5.97. The van der Waals surface area contributed by atoms with Gasteiger partial charge in [0, 0.05) is 29.4 Å². The van der Waals surface area contributed by atoms with E-state index in [-0.39, 0.29) is 0 Å². The molecular formula is C14H13N3O2. The van der Waals surface area contributed by atoms with Gasteiger partial charge < -0.3 is 11.5 Å². The summed E-state index contributed by atoms with van der Waals surface area (Å²) in [7, 11) is 0. The van der Waals surface area contributed by atoms with Gasteiger partial charge in [-0.05, 0) is 35.9 Å². The molecule has 5 heteroatoms. The largest absolute Gasteiger partial charge is 0.366 e. The van der Waals surface area contributed by atoms with Crippen LogP contribution in [0.3, 0.4) is 0 Å². The van der Waals surface area contributed by atoms with Gasteiger partial charge in [0.1, 0.15) is 0 Å². The quantitative estimate of drug-likeness (QED) is 0.847. The molecule has 0 saturated heterocycles. The lowest BCUT2D eigenvalue weighted by Crippen LogP contribution is -2.17. The summed E-state index contributed by atoms with van der Waals surface area (Å²) in [5, 5.41) is 0. The maximum atomic E-state index is 11.4. The van der Waals surface area contributed by atoms with E-state index in [4.69, 9.17) is 11.5 Å². The Labute approximate surface area is 110 Å². The van der Waals surface area contributed by atoms with Crippen molar-refractivity contribution in [1.82, 2.24) is 4.98 Å². The first-order valence-electron chi connectivity index (χ1n) is 5.70. The number of aromatic nitrogens is 1. The first kappa shape index (κ1) is 12.8. The summed E-state index contributed by atoms with van der Waals surface area (Å²) >= 11 is 0. The van der Waals surface area contributed by atoms with Crippen LogP contribution in [0.4, 0.5) is 0 Å². The van der Waals surface area contributed by atoms with Gasteiger partial charge in [0.15, 0.2) is 0 Å². The van der Waals surface area contributed by atoms with E-state index in [1.165, 1.54) is 12.1 Å². The predicted octanol–water partition coefficient (Wildman–Crippen LogP) is 0.870. The zero-order valence-electron chi connectivity index (χ0n) is 10.2. The van der Waals surface area contributed by atoms with Gasteiger partial charge in [-0.25, -0.2) is 0 Å². The predicted molar refractivity (Wildman–Crippen MR) is 70.5 cm³/mol. The van der Waals surface area contributed by atoms with Crippen LogP contribution >= 0.6 is 0 Å². The van der Waals surface area contributed by atoms with Crippen LogP contribution in [0.15, 0.2) is 42.6 Å². The second-order valence-electron chi connectivity index (χ2n) is 4.10. The second-order valence-corrected chi connectivity index (χ2v) is 4.10. The molecule has 2 amide bonds. The molecule has 0 unspecified atom stereocenters. The standard InChI is InChI=1S/C14H13N3O2/c15-13(18)9-4-5-12(14(16)19)10(7-9)8-11-3-1-2-6-17-11/h1-7H,8H2,(H2,15,18)(H2,16,19). The Morgan fingerprint density at radius 2 is 1.84 bits per heavy atom. The van der Waals surface area contributed by atoms with E-state index < -0.39 is 11.8 Å². The van der Waals surface area contributed by atoms with Crippen LogP contribution in [0.5, 0.6) is 0 Å². The van der Waals surface area contributed by atoms with Crippen molar-refractivity contribution in [2.45, 2.75) is 6.42 Å². The van der Waals surface area contributed by atoms with Crippen molar-refractivity contribution in [2.75, 3.05) is 0 Å². The number of carbonyl (C=O) groups excluding carboxylic acids is 2. The molecule has 5 nitrogen and oxygen atoms in total. The fourth-order valence-electron chi connectivity index (χ4n) is 1.83. The molecule has 0 saturated carbocycles. The van der Waals surface area contributed by atoms with Crippen LogP contribution in [0.2, 0.25) is 0 Å². The summed E-state index contributed by atoms with van der Waals surface area (Å²) in [6, 6.07) is 10.1. The van der Waals surface area contributed by atoms with Crippen molar-refractivity contribution < 1.29 is 9.59 Å². The van der Waals surface area contributed by atoms with Crippen molar-refractivity contribution in [3.8, 4) is 0 Å². The van der Waals surface area contributed by atoms with E-state index in [9.17, 15) is 9.59 Å². The number of benzene rings is 1. The highest BCUT2D eigenvalue weighted by Gasteiger charge is 2.12. The Bertz CT molecular complexity index is 624. The van der Waals surface area contributed by atoms with E-state index in [1.54, 1.807) is 18.3 Å². The topological polar surface area (TPSA) is 99.1 Å². The van der Waals surface area contributed by atoms with Crippen molar-refractivity contribution in [2.24, 2.45) is 11.5 Å². The van der Waals surface area contributed by atoms with Crippen LogP contribution in [0.1, 0.15) is 32.0 Å². The Morgan fingerprint density at radius 1 is 1.05 bits per heavy atom. The van der Waals surface area contributed by atoms with Gasteiger partial charge in [0.05, 0.1) is 0 Å². The minimum atomic E-state index is -0.543. The lowest BCUT2D eigenvalue weighted by atomic mass is 9.99. The fraction of sp³-hybridized carbons (Fsp3) is 0.0714. The Morgan fingerprint density at radius 3 is 2.42 bits per heavy atom. The highest BCUT2D eigenvalue weighted by atomic mass is 16.1. The Kier molecular flexibility index (Phi) is 3.56. The molecule has 4 N–H and O–H groups in total. The van der Waals surface area contributed by atoms with Gasteiger partial charge >= 0.3 is 0 Å². The molecule has 96 valence electrons. The number of carbonyl (C=O) groups is 2. The van der Waals surface area contributed by atoms with Gasteiger partial charge in [0.2, 0.25) is 11.8 Å². The van der Waals surface area contributed by atoms with Crippen molar-refractivity contribution in [3.63, 3.8) is 0 Å². The third-order valence-corrected chi connectivity index (χ3v) is 2.75. The lowest BCUT2D eigenvalue weighted by molar-refractivity contribution is 0.0987. The van der Waals surface area contributed by atoms with Gasteiger partial charge in [-0.3, -0.25) is 14.6 Å². The Balaban J connectivity index is 2.43. The minimum absolute atomic E-state index is 0.343. The lowest BCUT2D eigenvalue weighted by Gasteiger charge is -2.08. The number of pyridine rings is 1. The molecular weight excluding hydrogens is 242 g/mol. The number of rotatable bonds is 4.